The van der Waals surface area contributed by atoms with Gasteiger partial charge in [0, 0.05) is 6.42 Å². The Morgan fingerprint density at radius 1 is 0.941 bits per heavy atom. The van der Waals surface area contributed by atoms with Crippen LogP contribution in [0.25, 0.3) is 0 Å². The van der Waals surface area contributed by atoms with Gasteiger partial charge in [0.1, 0.15) is 23.7 Å². The van der Waals surface area contributed by atoms with Gasteiger partial charge >= 0.3 is 5.97 Å². The van der Waals surface area contributed by atoms with Crippen molar-refractivity contribution in [3.8, 4) is 23.8 Å². The Bertz CT molecular complexity index is 1030. The summed E-state index contributed by atoms with van der Waals surface area (Å²) in [6, 6.07) is 4.33. The molecular weight excluding hydrogens is 459 g/mol. The van der Waals surface area contributed by atoms with Gasteiger partial charge in [0.15, 0.2) is 23.3 Å². The molecule has 0 bridgehead atoms. The van der Waals surface area contributed by atoms with Gasteiger partial charge in [-0.2, -0.15) is 0 Å². The average Bonchev–Trinajstić information content (AvgIpc) is 2.84. The number of carbonyl (C=O) groups excluding carboxylic acids is 1. The van der Waals surface area contributed by atoms with Gasteiger partial charge in [-0.25, -0.2) is 26.7 Å². The first-order valence-electron chi connectivity index (χ1n) is 10.4. The molecule has 4 nitrogen and oxygen atoms in total. The van der Waals surface area contributed by atoms with Crippen molar-refractivity contribution in [2.45, 2.75) is 38.7 Å². The van der Waals surface area contributed by atoms with Crippen LogP contribution in [0.5, 0.6) is 11.5 Å². The lowest BCUT2D eigenvalue weighted by atomic mass is 10.1. The summed E-state index contributed by atoms with van der Waals surface area (Å²) in [6.45, 7) is 2.97. The Balaban J connectivity index is 2.20. The SMILES string of the molecule is C#CCCCCOc1ccc(OCCCC=C)c(C(=O)OCc2c(F)c(F)c(F)c(F)c2F)c1. The topological polar surface area (TPSA) is 44.8 Å². The number of ether oxygens (including phenoxy) is 3. The van der Waals surface area contributed by atoms with Crippen LogP contribution in [0, 0.1) is 41.4 Å². The van der Waals surface area contributed by atoms with E-state index in [4.69, 9.17) is 20.6 Å². The number of esters is 1. The lowest BCUT2D eigenvalue weighted by Crippen LogP contribution is -2.13. The van der Waals surface area contributed by atoms with E-state index >= 15 is 0 Å². The van der Waals surface area contributed by atoms with Crippen molar-refractivity contribution in [3.63, 3.8) is 0 Å². The molecule has 0 unspecified atom stereocenters. The normalized spacial score (nSPS) is 10.5. The molecule has 182 valence electrons. The molecule has 0 fully saturated rings. The highest BCUT2D eigenvalue weighted by atomic mass is 19.2. The van der Waals surface area contributed by atoms with Gasteiger partial charge in [-0.1, -0.05) is 6.08 Å². The Morgan fingerprint density at radius 3 is 2.24 bits per heavy atom. The fraction of sp³-hybridized carbons (Fsp3) is 0.320. The molecule has 0 saturated carbocycles. The largest absolute Gasteiger partial charge is 0.494 e. The van der Waals surface area contributed by atoms with Crippen molar-refractivity contribution in [2.24, 2.45) is 0 Å². The van der Waals surface area contributed by atoms with Crippen LogP contribution in [0.3, 0.4) is 0 Å². The first-order valence-corrected chi connectivity index (χ1v) is 10.4. The van der Waals surface area contributed by atoms with Gasteiger partial charge < -0.3 is 14.2 Å². The van der Waals surface area contributed by atoms with Crippen molar-refractivity contribution in [1.29, 1.82) is 0 Å². The molecule has 0 radical (unpaired) electrons. The lowest BCUT2D eigenvalue weighted by molar-refractivity contribution is 0.0457. The first-order chi connectivity index (χ1) is 16.3. The van der Waals surface area contributed by atoms with Crippen LogP contribution in [0.15, 0.2) is 30.9 Å². The number of terminal acetylenes is 1. The Kier molecular flexibility index (Phi) is 10.4. The molecule has 2 aromatic carbocycles. The molecule has 0 aromatic heterocycles. The zero-order chi connectivity index (χ0) is 25.1. The summed E-state index contributed by atoms with van der Waals surface area (Å²) < 4.78 is 83.8. The van der Waals surface area contributed by atoms with E-state index in [1.54, 1.807) is 12.1 Å². The second kappa shape index (κ2) is 13.2. The second-order valence-corrected chi connectivity index (χ2v) is 7.07. The van der Waals surface area contributed by atoms with E-state index in [-0.39, 0.29) is 17.9 Å². The van der Waals surface area contributed by atoms with Gasteiger partial charge in [0.05, 0.1) is 18.8 Å². The van der Waals surface area contributed by atoms with Crippen LogP contribution >= 0.6 is 0 Å². The van der Waals surface area contributed by atoms with Crippen molar-refractivity contribution in [1.82, 2.24) is 0 Å². The maximum atomic E-state index is 13.9. The molecular formula is C25H23F5O4. The summed E-state index contributed by atoms with van der Waals surface area (Å²) in [5, 5.41) is 0. The molecule has 0 N–H and O–H groups in total. The zero-order valence-electron chi connectivity index (χ0n) is 18.3. The molecule has 0 aliphatic carbocycles. The van der Waals surface area contributed by atoms with E-state index in [0.29, 0.717) is 38.0 Å². The Hall–Kier alpha value is -3.54. The number of allylic oxidation sites excluding steroid dienone is 1. The minimum Gasteiger partial charge on any atom is -0.494 e. The Morgan fingerprint density at radius 2 is 1.59 bits per heavy atom. The van der Waals surface area contributed by atoms with E-state index in [2.05, 4.69) is 12.5 Å². The highest BCUT2D eigenvalue weighted by Crippen LogP contribution is 2.28. The predicted molar refractivity (Wildman–Crippen MR) is 115 cm³/mol. The molecule has 0 aliphatic heterocycles. The maximum absolute atomic E-state index is 13.9. The van der Waals surface area contributed by atoms with Crippen LogP contribution in [0.1, 0.15) is 48.0 Å². The van der Waals surface area contributed by atoms with Crippen LogP contribution < -0.4 is 9.47 Å². The van der Waals surface area contributed by atoms with Gasteiger partial charge in [-0.3, -0.25) is 0 Å². The molecule has 0 atom stereocenters. The molecule has 0 saturated heterocycles. The number of hydrogen-bond acceptors (Lipinski definition) is 4. The third-order valence-corrected chi connectivity index (χ3v) is 4.61. The van der Waals surface area contributed by atoms with E-state index in [1.165, 1.54) is 12.1 Å². The molecule has 2 aromatic rings. The number of carbonyl (C=O) groups is 1. The second-order valence-electron chi connectivity index (χ2n) is 7.07. The number of benzene rings is 2. The fourth-order valence-corrected chi connectivity index (χ4v) is 2.81. The standard InChI is InChI=1S/C25H23F5O4/c1-3-5-7-9-12-32-16-10-11-19(33-13-8-6-4-2)17(14-16)25(31)34-15-18-20(26)22(28)24(30)23(29)21(18)27/h1,4,10-11,14H,2,5-9,12-13,15H2. The molecule has 0 heterocycles. The molecule has 9 heteroatoms. The van der Waals surface area contributed by atoms with E-state index in [0.717, 1.165) is 6.42 Å². The summed E-state index contributed by atoms with van der Waals surface area (Å²) in [5.41, 5.74) is -1.40. The molecule has 0 spiro atoms. The third-order valence-electron chi connectivity index (χ3n) is 4.61. The number of rotatable bonds is 13. The number of halogens is 5. The summed E-state index contributed by atoms with van der Waals surface area (Å²) >= 11 is 0. The molecule has 2 rings (SSSR count). The quantitative estimate of drug-likeness (QED) is 0.0643. The number of hydrogen-bond donors (Lipinski definition) is 0. The minimum atomic E-state index is -2.30. The summed E-state index contributed by atoms with van der Waals surface area (Å²) in [6.07, 6.45) is 10.2. The highest BCUT2D eigenvalue weighted by Gasteiger charge is 2.27. The monoisotopic (exact) mass is 482 g/mol. The Labute approximate surface area is 194 Å². The van der Waals surface area contributed by atoms with Gasteiger partial charge in [-0.15, -0.1) is 18.9 Å². The van der Waals surface area contributed by atoms with E-state index in [1.807, 2.05) is 0 Å². The fourth-order valence-electron chi connectivity index (χ4n) is 2.81. The van der Waals surface area contributed by atoms with Gasteiger partial charge in [0.2, 0.25) is 5.82 Å². The maximum Gasteiger partial charge on any atom is 0.342 e. The smallest absolute Gasteiger partial charge is 0.342 e. The van der Waals surface area contributed by atoms with Crippen LogP contribution in [-0.2, 0) is 11.3 Å². The summed E-state index contributed by atoms with van der Waals surface area (Å²) in [4.78, 5) is 12.7. The zero-order valence-corrected chi connectivity index (χ0v) is 18.3. The van der Waals surface area contributed by atoms with Crippen LogP contribution in [0.4, 0.5) is 22.0 Å². The minimum absolute atomic E-state index is 0.103. The van der Waals surface area contributed by atoms with Crippen LogP contribution in [-0.4, -0.2) is 19.2 Å². The molecule has 0 amide bonds. The van der Waals surface area contributed by atoms with Gasteiger partial charge in [0.25, 0.3) is 0 Å². The van der Waals surface area contributed by atoms with Crippen molar-refractivity contribution < 1.29 is 41.0 Å². The van der Waals surface area contributed by atoms with E-state index < -0.39 is 47.2 Å². The predicted octanol–water partition coefficient (Wildman–Crippen LogP) is 6.27. The van der Waals surface area contributed by atoms with E-state index in [9.17, 15) is 26.7 Å². The summed E-state index contributed by atoms with van der Waals surface area (Å²) in [7, 11) is 0. The first kappa shape index (κ1) is 26.7. The highest BCUT2D eigenvalue weighted by molar-refractivity contribution is 5.93. The van der Waals surface area contributed by atoms with Crippen LogP contribution in [0.2, 0.25) is 0 Å². The van der Waals surface area contributed by atoms with Gasteiger partial charge in [-0.05, 0) is 43.9 Å². The summed E-state index contributed by atoms with van der Waals surface area (Å²) in [5.74, 6) is -8.89. The van der Waals surface area contributed by atoms with Crippen molar-refractivity contribution >= 4 is 5.97 Å². The average molecular weight is 482 g/mol. The van der Waals surface area contributed by atoms with Crippen molar-refractivity contribution in [3.05, 3.63) is 71.1 Å². The molecule has 0 aliphatic rings. The van der Waals surface area contributed by atoms with Crippen molar-refractivity contribution in [2.75, 3.05) is 13.2 Å². The number of unbranched alkanes of at least 4 members (excludes halogenated alkanes) is 3. The molecule has 34 heavy (non-hydrogen) atoms. The lowest BCUT2D eigenvalue weighted by Gasteiger charge is -2.14. The third kappa shape index (κ3) is 6.98.